The lowest BCUT2D eigenvalue weighted by Crippen LogP contribution is -2.03. The van der Waals surface area contributed by atoms with E-state index in [4.69, 9.17) is 5.73 Å². The topological polar surface area (TPSA) is 30.9 Å². The van der Waals surface area contributed by atoms with Gasteiger partial charge in [-0.25, -0.2) is 0 Å². The molecule has 4 rings (SSSR count). The molecule has 0 saturated heterocycles. The highest BCUT2D eigenvalue weighted by molar-refractivity contribution is 5.87. The summed E-state index contributed by atoms with van der Waals surface area (Å²) in [6.45, 7) is 8.82. The van der Waals surface area contributed by atoms with Crippen molar-refractivity contribution < 1.29 is 0 Å². The van der Waals surface area contributed by atoms with Gasteiger partial charge in [0.25, 0.3) is 0 Å². The Kier molecular flexibility index (Phi) is 3.96. The van der Waals surface area contributed by atoms with E-state index in [9.17, 15) is 0 Å². The SMILES string of the molecule is Cc1c([C@@H]2[C@@H](CCN)C2(C)C)c2ccccc2n1Cc1ccccc1. The summed E-state index contributed by atoms with van der Waals surface area (Å²) in [5.41, 5.74) is 11.9. The molecule has 1 aliphatic carbocycles. The number of rotatable bonds is 5. The number of hydrogen-bond acceptors (Lipinski definition) is 1. The van der Waals surface area contributed by atoms with Gasteiger partial charge in [0.2, 0.25) is 0 Å². The fourth-order valence-electron chi connectivity index (χ4n) is 4.86. The highest BCUT2D eigenvalue weighted by atomic mass is 15.0. The summed E-state index contributed by atoms with van der Waals surface area (Å²) in [7, 11) is 0. The van der Waals surface area contributed by atoms with Gasteiger partial charge in [-0.15, -0.1) is 0 Å². The number of hydrogen-bond donors (Lipinski definition) is 1. The second-order valence-electron chi connectivity index (χ2n) is 8.07. The van der Waals surface area contributed by atoms with Crippen LogP contribution < -0.4 is 5.73 Å². The maximum Gasteiger partial charge on any atom is 0.0488 e. The molecule has 2 nitrogen and oxygen atoms in total. The third-order valence-corrected chi connectivity index (χ3v) is 6.30. The molecule has 2 atom stereocenters. The predicted molar refractivity (Wildman–Crippen MR) is 106 cm³/mol. The fourth-order valence-corrected chi connectivity index (χ4v) is 4.86. The molecule has 2 heteroatoms. The van der Waals surface area contributed by atoms with Crippen molar-refractivity contribution in [3.8, 4) is 0 Å². The van der Waals surface area contributed by atoms with Crippen molar-refractivity contribution in [2.45, 2.75) is 39.7 Å². The predicted octanol–water partition coefficient (Wildman–Crippen LogP) is 5.09. The van der Waals surface area contributed by atoms with Crippen molar-refractivity contribution in [2.75, 3.05) is 6.54 Å². The van der Waals surface area contributed by atoms with E-state index >= 15 is 0 Å². The first-order valence-corrected chi connectivity index (χ1v) is 9.37. The Labute approximate surface area is 150 Å². The maximum absolute atomic E-state index is 5.88. The highest BCUT2D eigenvalue weighted by Gasteiger charge is 2.58. The lowest BCUT2D eigenvalue weighted by atomic mass is 10.0. The number of aromatic nitrogens is 1. The van der Waals surface area contributed by atoms with Gasteiger partial charge in [0.05, 0.1) is 0 Å². The van der Waals surface area contributed by atoms with Crippen LogP contribution >= 0.6 is 0 Å². The Hall–Kier alpha value is -2.06. The molecular formula is C23H28N2. The zero-order valence-corrected chi connectivity index (χ0v) is 15.5. The second kappa shape index (κ2) is 6.03. The van der Waals surface area contributed by atoms with Crippen molar-refractivity contribution in [1.29, 1.82) is 0 Å². The number of benzene rings is 2. The Bertz CT molecular complexity index is 889. The van der Waals surface area contributed by atoms with Crippen LogP contribution in [0, 0.1) is 18.3 Å². The zero-order chi connectivity index (χ0) is 17.6. The van der Waals surface area contributed by atoms with Crippen molar-refractivity contribution in [2.24, 2.45) is 17.1 Å². The van der Waals surface area contributed by atoms with Gasteiger partial charge in [-0.2, -0.15) is 0 Å². The van der Waals surface area contributed by atoms with E-state index in [1.807, 2.05) is 0 Å². The number of fused-ring (bicyclic) bond motifs is 1. The molecule has 0 unspecified atom stereocenters. The lowest BCUT2D eigenvalue weighted by Gasteiger charge is -2.09. The van der Waals surface area contributed by atoms with Gasteiger partial charge in [0.15, 0.2) is 0 Å². The van der Waals surface area contributed by atoms with Gasteiger partial charge < -0.3 is 10.3 Å². The summed E-state index contributed by atoms with van der Waals surface area (Å²) < 4.78 is 2.49. The van der Waals surface area contributed by atoms with Crippen molar-refractivity contribution in [1.82, 2.24) is 4.57 Å². The fraction of sp³-hybridized carbons (Fsp3) is 0.391. The highest BCUT2D eigenvalue weighted by Crippen LogP contribution is 2.67. The quantitative estimate of drug-likeness (QED) is 0.693. The molecule has 0 amide bonds. The van der Waals surface area contributed by atoms with Crippen LogP contribution in [0.5, 0.6) is 0 Å². The van der Waals surface area contributed by atoms with Gasteiger partial charge in [0, 0.05) is 23.1 Å². The minimum absolute atomic E-state index is 0.353. The van der Waals surface area contributed by atoms with Gasteiger partial charge >= 0.3 is 0 Å². The number of nitrogens with two attached hydrogens (primary N) is 1. The molecule has 0 aliphatic heterocycles. The third-order valence-electron chi connectivity index (χ3n) is 6.30. The van der Waals surface area contributed by atoms with Crippen LogP contribution in [0.25, 0.3) is 10.9 Å². The largest absolute Gasteiger partial charge is 0.340 e. The van der Waals surface area contributed by atoms with E-state index in [0.29, 0.717) is 17.3 Å². The van der Waals surface area contributed by atoms with E-state index in [1.54, 1.807) is 5.56 Å². The molecule has 0 radical (unpaired) electrons. The molecule has 25 heavy (non-hydrogen) atoms. The van der Waals surface area contributed by atoms with Crippen LogP contribution in [0.15, 0.2) is 54.6 Å². The molecule has 1 fully saturated rings. The smallest absolute Gasteiger partial charge is 0.0488 e. The summed E-state index contributed by atoms with van der Waals surface area (Å²) in [5.74, 6) is 1.32. The normalized spacial score (nSPS) is 21.6. The molecule has 1 aromatic heterocycles. The van der Waals surface area contributed by atoms with Crippen LogP contribution in [-0.2, 0) is 6.54 Å². The van der Waals surface area contributed by atoms with Crippen LogP contribution in [-0.4, -0.2) is 11.1 Å². The van der Waals surface area contributed by atoms with Crippen molar-refractivity contribution >= 4 is 10.9 Å². The maximum atomic E-state index is 5.88. The molecular weight excluding hydrogens is 304 g/mol. The first kappa shape index (κ1) is 16.4. The van der Waals surface area contributed by atoms with Crippen molar-refractivity contribution in [3.05, 3.63) is 71.4 Å². The number of nitrogens with zero attached hydrogens (tertiary/aromatic N) is 1. The van der Waals surface area contributed by atoms with E-state index in [-0.39, 0.29) is 0 Å². The van der Waals surface area contributed by atoms with Crippen LogP contribution in [0.1, 0.15) is 43.0 Å². The molecule has 3 aromatic rings. The summed E-state index contributed by atoms with van der Waals surface area (Å²) in [4.78, 5) is 0. The third kappa shape index (κ3) is 2.60. The Morgan fingerprint density at radius 3 is 2.40 bits per heavy atom. The molecule has 2 N–H and O–H groups in total. The molecule has 130 valence electrons. The first-order chi connectivity index (χ1) is 12.1. The minimum Gasteiger partial charge on any atom is -0.340 e. The summed E-state index contributed by atoms with van der Waals surface area (Å²) in [6, 6.07) is 19.7. The second-order valence-corrected chi connectivity index (χ2v) is 8.07. The number of para-hydroxylation sites is 1. The van der Waals surface area contributed by atoms with E-state index in [2.05, 4.69) is 79.9 Å². The molecule has 0 bridgehead atoms. The molecule has 1 saturated carbocycles. The first-order valence-electron chi connectivity index (χ1n) is 9.37. The minimum atomic E-state index is 0.353. The Balaban J connectivity index is 1.82. The summed E-state index contributed by atoms with van der Waals surface area (Å²) in [5, 5.41) is 1.42. The van der Waals surface area contributed by atoms with Crippen LogP contribution in [0.4, 0.5) is 0 Å². The van der Waals surface area contributed by atoms with Crippen LogP contribution in [0.3, 0.4) is 0 Å². The van der Waals surface area contributed by atoms with Crippen LogP contribution in [0.2, 0.25) is 0 Å². The van der Waals surface area contributed by atoms with Gasteiger partial charge in [-0.05, 0) is 54.3 Å². The zero-order valence-electron chi connectivity index (χ0n) is 15.5. The van der Waals surface area contributed by atoms with Crippen molar-refractivity contribution in [3.63, 3.8) is 0 Å². The van der Waals surface area contributed by atoms with Gasteiger partial charge in [-0.1, -0.05) is 62.4 Å². The van der Waals surface area contributed by atoms with E-state index < -0.39 is 0 Å². The molecule has 1 aliphatic rings. The Morgan fingerprint density at radius 1 is 1.00 bits per heavy atom. The summed E-state index contributed by atoms with van der Waals surface area (Å²) >= 11 is 0. The molecule has 1 heterocycles. The Morgan fingerprint density at radius 2 is 1.68 bits per heavy atom. The molecule has 0 spiro atoms. The van der Waals surface area contributed by atoms with Gasteiger partial charge in [-0.3, -0.25) is 0 Å². The standard InChI is InChI=1S/C23H28N2/c1-16-21(22-19(13-14-24)23(22,2)3)18-11-7-8-12-20(18)25(16)15-17-9-5-4-6-10-17/h4-12,19,22H,13-15,24H2,1-3H3/t19-,22+/m1/s1. The monoisotopic (exact) mass is 332 g/mol. The molecule has 2 aromatic carbocycles. The summed E-state index contributed by atoms with van der Waals surface area (Å²) in [6.07, 6.45) is 1.12. The average Bonchev–Trinajstić information content (AvgIpc) is 3.02. The van der Waals surface area contributed by atoms with E-state index in [1.165, 1.54) is 22.2 Å². The van der Waals surface area contributed by atoms with Gasteiger partial charge in [0.1, 0.15) is 0 Å². The van der Waals surface area contributed by atoms with E-state index in [0.717, 1.165) is 19.5 Å². The average molecular weight is 332 g/mol. The lowest BCUT2D eigenvalue weighted by molar-refractivity contribution is 0.534.